The highest BCUT2D eigenvalue weighted by molar-refractivity contribution is 7.09. The second-order valence-electron chi connectivity index (χ2n) is 4.69. The predicted octanol–water partition coefficient (Wildman–Crippen LogP) is 3.66. The SMILES string of the molecule is NC1CCCc2c(OCc3cccs3)cccc21. The van der Waals surface area contributed by atoms with E-state index >= 15 is 0 Å². The molecule has 2 nitrogen and oxygen atoms in total. The van der Waals surface area contributed by atoms with Crippen molar-refractivity contribution in [1.29, 1.82) is 0 Å². The zero-order valence-corrected chi connectivity index (χ0v) is 11.1. The van der Waals surface area contributed by atoms with Gasteiger partial charge >= 0.3 is 0 Å². The molecule has 0 fully saturated rings. The van der Waals surface area contributed by atoms with E-state index in [2.05, 4.69) is 29.6 Å². The molecule has 0 saturated carbocycles. The van der Waals surface area contributed by atoms with E-state index in [1.807, 2.05) is 6.07 Å². The van der Waals surface area contributed by atoms with E-state index in [1.54, 1.807) is 11.3 Å². The molecule has 1 atom stereocenters. The monoisotopic (exact) mass is 259 g/mol. The molecule has 0 radical (unpaired) electrons. The molecule has 2 aromatic rings. The number of nitrogens with two attached hydrogens (primary N) is 1. The quantitative estimate of drug-likeness (QED) is 0.913. The Bertz CT molecular complexity index is 521. The minimum Gasteiger partial charge on any atom is -0.488 e. The van der Waals surface area contributed by atoms with Crippen LogP contribution in [0.1, 0.15) is 34.9 Å². The Hall–Kier alpha value is -1.32. The van der Waals surface area contributed by atoms with Gasteiger partial charge in [-0.25, -0.2) is 0 Å². The lowest BCUT2D eigenvalue weighted by Gasteiger charge is -2.24. The number of hydrogen-bond acceptors (Lipinski definition) is 3. The Morgan fingerprint density at radius 3 is 3.06 bits per heavy atom. The van der Waals surface area contributed by atoms with Crippen molar-refractivity contribution in [3.63, 3.8) is 0 Å². The number of hydrogen-bond donors (Lipinski definition) is 1. The molecule has 3 rings (SSSR count). The van der Waals surface area contributed by atoms with Gasteiger partial charge in [0.25, 0.3) is 0 Å². The summed E-state index contributed by atoms with van der Waals surface area (Å²) in [6, 6.07) is 10.6. The second kappa shape index (κ2) is 5.12. The molecule has 0 aliphatic heterocycles. The van der Waals surface area contributed by atoms with E-state index in [4.69, 9.17) is 10.5 Å². The summed E-state index contributed by atoms with van der Waals surface area (Å²) in [6.45, 7) is 0.656. The van der Waals surface area contributed by atoms with Crippen LogP contribution in [0.2, 0.25) is 0 Å². The van der Waals surface area contributed by atoms with E-state index in [-0.39, 0.29) is 6.04 Å². The van der Waals surface area contributed by atoms with E-state index < -0.39 is 0 Å². The van der Waals surface area contributed by atoms with Crippen molar-refractivity contribution < 1.29 is 4.74 Å². The van der Waals surface area contributed by atoms with Gasteiger partial charge in [-0.1, -0.05) is 18.2 Å². The maximum atomic E-state index is 6.15. The zero-order valence-electron chi connectivity index (χ0n) is 10.3. The summed E-state index contributed by atoms with van der Waals surface area (Å²) in [4.78, 5) is 1.26. The van der Waals surface area contributed by atoms with Gasteiger partial charge in [-0.05, 0) is 47.9 Å². The number of rotatable bonds is 3. The highest BCUT2D eigenvalue weighted by Gasteiger charge is 2.19. The van der Waals surface area contributed by atoms with E-state index in [0.29, 0.717) is 6.61 Å². The summed E-state index contributed by atoms with van der Waals surface area (Å²) < 4.78 is 5.95. The van der Waals surface area contributed by atoms with Crippen molar-refractivity contribution in [3.8, 4) is 5.75 Å². The van der Waals surface area contributed by atoms with Crippen LogP contribution in [0.3, 0.4) is 0 Å². The fraction of sp³-hybridized carbons (Fsp3) is 0.333. The molecule has 0 bridgehead atoms. The molecule has 18 heavy (non-hydrogen) atoms. The van der Waals surface area contributed by atoms with Gasteiger partial charge in [-0.2, -0.15) is 0 Å². The lowest BCUT2D eigenvalue weighted by atomic mass is 9.88. The molecule has 94 valence electrons. The maximum Gasteiger partial charge on any atom is 0.123 e. The van der Waals surface area contributed by atoms with Gasteiger partial charge in [0.2, 0.25) is 0 Å². The maximum absolute atomic E-state index is 6.15. The third kappa shape index (κ3) is 2.28. The second-order valence-corrected chi connectivity index (χ2v) is 5.72. The van der Waals surface area contributed by atoms with Gasteiger partial charge in [-0.15, -0.1) is 11.3 Å². The molecular formula is C15H17NOS. The molecule has 0 amide bonds. The van der Waals surface area contributed by atoms with Crippen LogP contribution in [0.25, 0.3) is 0 Å². The van der Waals surface area contributed by atoms with Gasteiger partial charge in [0.15, 0.2) is 0 Å². The lowest BCUT2D eigenvalue weighted by Crippen LogP contribution is -2.18. The van der Waals surface area contributed by atoms with Gasteiger partial charge < -0.3 is 10.5 Å². The topological polar surface area (TPSA) is 35.2 Å². The molecule has 1 aromatic carbocycles. The van der Waals surface area contributed by atoms with Crippen molar-refractivity contribution in [3.05, 3.63) is 51.7 Å². The van der Waals surface area contributed by atoms with Gasteiger partial charge in [0.1, 0.15) is 12.4 Å². The third-order valence-corrected chi connectivity index (χ3v) is 4.31. The summed E-state index contributed by atoms with van der Waals surface area (Å²) in [5.74, 6) is 1.01. The van der Waals surface area contributed by atoms with Crippen LogP contribution >= 0.6 is 11.3 Å². The third-order valence-electron chi connectivity index (χ3n) is 3.46. The van der Waals surface area contributed by atoms with Crippen LogP contribution in [0.5, 0.6) is 5.75 Å². The zero-order chi connectivity index (χ0) is 12.4. The van der Waals surface area contributed by atoms with Crippen LogP contribution in [-0.2, 0) is 13.0 Å². The van der Waals surface area contributed by atoms with E-state index in [1.165, 1.54) is 16.0 Å². The average Bonchev–Trinajstić information content (AvgIpc) is 2.90. The molecule has 2 N–H and O–H groups in total. The Labute approximate surface area is 111 Å². The van der Waals surface area contributed by atoms with Gasteiger partial charge in [0, 0.05) is 10.9 Å². The number of fused-ring (bicyclic) bond motifs is 1. The Morgan fingerprint density at radius 1 is 1.28 bits per heavy atom. The van der Waals surface area contributed by atoms with Crippen molar-refractivity contribution in [2.45, 2.75) is 31.9 Å². The molecule has 1 aromatic heterocycles. The standard InChI is InChI=1S/C15H17NOS/c16-14-7-1-6-13-12(14)5-2-8-15(13)17-10-11-4-3-9-18-11/h2-5,8-9,14H,1,6-7,10,16H2. The summed E-state index contributed by atoms with van der Waals surface area (Å²) in [7, 11) is 0. The highest BCUT2D eigenvalue weighted by Crippen LogP contribution is 2.34. The Morgan fingerprint density at radius 2 is 2.22 bits per heavy atom. The number of thiophene rings is 1. The van der Waals surface area contributed by atoms with Crippen molar-refractivity contribution in [1.82, 2.24) is 0 Å². The normalized spacial score (nSPS) is 18.4. The largest absolute Gasteiger partial charge is 0.488 e. The van der Waals surface area contributed by atoms with Gasteiger partial charge in [-0.3, -0.25) is 0 Å². The molecule has 1 aliphatic rings. The predicted molar refractivity (Wildman–Crippen MR) is 75.0 cm³/mol. The first-order valence-electron chi connectivity index (χ1n) is 6.37. The first kappa shape index (κ1) is 11.8. The number of benzene rings is 1. The molecule has 3 heteroatoms. The first-order chi connectivity index (χ1) is 8.84. The first-order valence-corrected chi connectivity index (χ1v) is 7.25. The molecule has 1 heterocycles. The minimum absolute atomic E-state index is 0.180. The summed E-state index contributed by atoms with van der Waals surface area (Å²) in [5.41, 5.74) is 8.73. The van der Waals surface area contributed by atoms with Crippen LogP contribution in [0, 0.1) is 0 Å². The molecular weight excluding hydrogens is 242 g/mol. The highest BCUT2D eigenvalue weighted by atomic mass is 32.1. The fourth-order valence-corrected chi connectivity index (χ4v) is 3.15. The van der Waals surface area contributed by atoms with Crippen LogP contribution in [0.15, 0.2) is 35.7 Å². The lowest BCUT2D eigenvalue weighted by molar-refractivity contribution is 0.304. The van der Waals surface area contributed by atoms with Crippen molar-refractivity contribution in [2.24, 2.45) is 5.73 Å². The summed E-state index contributed by atoms with van der Waals surface area (Å²) in [5, 5.41) is 2.08. The minimum atomic E-state index is 0.180. The molecule has 0 saturated heterocycles. The van der Waals surface area contributed by atoms with Gasteiger partial charge in [0.05, 0.1) is 0 Å². The fourth-order valence-electron chi connectivity index (χ4n) is 2.53. The van der Waals surface area contributed by atoms with Crippen molar-refractivity contribution in [2.75, 3.05) is 0 Å². The van der Waals surface area contributed by atoms with Crippen molar-refractivity contribution >= 4 is 11.3 Å². The molecule has 1 aliphatic carbocycles. The van der Waals surface area contributed by atoms with E-state index in [0.717, 1.165) is 25.0 Å². The Kier molecular flexibility index (Phi) is 3.35. The molecule has 0 spiro atoms. The summed E-state index contributed by atoms with van der Waals surface area (Å²) >= 11 is 1.73. The van der Waals surface area contributed by atoms with Crippen LogP contribution in [0.4, 0.5) is 0 Å². The Balaban J connectivity index is 1.82. The van der Waals surface area contributed by atoms with E-state index in [9.17, 15) is 0 Å². The van der Waals surface area contributed by atoms with Crippen LogP contribution < -0.4 is 10.5 Å². The van der Waals surface area contributed by atoms with Crippen LogP contribution in [-0.4, -0.2) is 0 Å². The number of ether oxygens (including phenoxy) is 1. The molecule has 1 unspecified atom stereocenters. The average molecular weight is 259 g/mol. The summed E-state index contributed by atoms with van der Waals surface area (Å²) in [6.07, 6.45) is 3.33. The smallest absolute Gasteiger partial charge is 0.123 e.